The van der Waals surface area contributed by atoms with Crippen LogP contribution in [-0.2, 0) is 14.8 Å². The quantitative estimate of drug-likeness (QED) is 0.919. The third kappa shape index (κ3) is 3.78. The molecule has 1 aromatic rings. The van der Waals surface area contributed by atoms with Crippen molar-refractivity contribution in [1.82, 2.24) is 4.72 Å². The molecule has 0 aromatic heterocycles. The van der Waals surface area contributed by atoms with Gasteiger partial charge in [-0.1, -0.05) is 17.7 Å². The van der Waals surface area contributed by atoms with Gasteiger partial charge in [-0.3, -0.25) is 0 Å². The molecule has 0 amide bonds. The molecule has 0 atom stereocenters. The van der Waals surface area contributed by atoms with Crippen LogP contribution in [0.4, 0.5) is 0 Å². The number of aryl methyl sites for hydroxylation is 2. The summed E-state index contributed by atoms with van der Waals surface area (Å²) >= 11 is 0. The highest BCUT2D eigenvalue weighted by molar-refractivity contribution is 7.89. The predicted molar refractivity (Wildman–Crippen MR) is 74.6 cm³/mol. The van der Waals surface area contributed by atoms with E-state index in [1.807, 2.05) is 26.0 Å². The van der Waals surface area contributed by atoms with E-state index in [1.165, 1.54) is 0 Å². The first-order valence-electron chi connectivity index (χ1n) is 6.64. The molecule has 1 aliphatic heterocycles. The van der Waals surface area contributed by atoms with Gasteiger partial charge in [-0.05, 0) is 44.2 Å². The van der Waals surface area contributed by atoms with Crippen molar-refractivity contribution in [1.29, 1.82) is 0 Å². The van der Waals surface area contributed by atoms with Gasteiger partial charge in [-0.15, -0.1) is 0 Å². The Morgan fingerprint density at radius 1 is 1.26 bits per heavy atom. The smallest absolute Gasteiger partial charge is 0.240 e. The van der Waals surface area contributed by atoms with E-state index >= 15 is 0 Å². The van der Waals surface area contributed by atoms with Crippen molar-refractivity contribution in [3.05, 3.63) is 29.3 Å². The van der Waals surface area contributed by atoms with Gasteiger partial charge in [0, 0.05) is 19.8 Å². The maximum absolute atomic E-state index is 12.3. The van der Waals surface area contributed by atoms with E-state index in [0.717, 1.165) is 37.2 Å². The Morgan fingerprint density at radius 2 is 1.95 bits per heavy atom. The summed E-state index contributed by atoms with van der Waals surface area (Å²) < 4.78 is 32.5. The van der Waals surface area contributed by atoms with Gasteiger partial charge in [0.05, 0.1) is 4.90 Å². The molecule has 1 N–H and O–H groups in total. The van der Waals surface area contributed by atoms with Crippen molar-refractivity contribution >= 4 is 10.0 Å². The van der Waals surface area contributed by atoms with Gasteiger partial charge >= 0.3 is 0 Å². The van der Waals surface area contributed by atoms with E-state index in [9.17, 15) is 8.42 Å². The molecule has 1 aromatic carbocycles. The maximum atomic E-state index is 12.3. The maximum Gasteiger partial charge on any atom is 0.240 e. The Kier molecular flexibility index (Phi) is 4.60. The van der Waals surface area contributed by atoms with Crippen molar-refractivity contribution in [2.45, 2.75) is 31.6 Å². The molecule has 0 spiro atoms. The fourth-order valence-electron chi connectivity index (χ4n) is 2.36. The van der Waals surface area contributed by atoms with E-state index in [1.54, 1.807) is 6.07 Å². The first-order chi connectivity index (χ1) is 8.99. The highest BCUT2D eigenvalue weighted by atomic mass is 32.2. The van der Waals surface area contributed by atoms with E-state index in [4.69, 9.17) is 4.74 Å². The predicted octanol–water partition coefficient (Wildman–Crippen LogP) is 2.01. The standard InChI is InChI=1S/C14H21NO3S/c1-11-3-4-14(12(2)9-11)19(16,17)15-10-13-5-7-18-8-6-13/h3-4,9,13,15H,5-8,10H2,1-2H3. The number of sulfonamides is 1. The number of nitrogens with one attached hydrogen (secondary N) is 1. The third-order valence-corrected chi connectivity index (χ3v) is 5.11. The third-order valence-electron chi connectivity index (χ3n) is 3.52. The molecule has 0 radical (unpaired) electrons. The molecule has 4 nitrogen and oxygen atoms in total. The summed E-state index contributed by atoms with van der Waals surface area (Å²) in [7, 11) is -3.40. The van der Waals surface area contributed by atoms with Crippen molar-refractivity contribution in [3.8, 4) is 0 Å². The summed E-state index contributed by atoms with van der Waals surface area (Å²) in [6.07, 6.45) is 1.85. The number of rotatable bonds is 4. The molecule has 1 fully saturated rings. The van der Waals surface area contributed by atoms with Crippen LogP contribution < -0.4 is 4.72 Å². The fraction of sp³-hybridized carbons (Fsp3) is 0.571. The monoisotopic (exact) mass is 283 g/mol. The van der Waals surface area contributed by atoms with Crippen LogP contribution in [0.25, 0.3) is 0 Å². The minimum atomic E-state index is -3.40. The van der Waals surface area contributed by atoms with E-state index < -0.39 is 10.0 Å². The first-order valence-corrected chi connectivity index (χ1v) is 8.12. The molecule has 1 heterocycles. The van der Waals surface area contributed by atoms with Crippen LogP contribution in [0, 0.1) is 19.8 Å². The Labute approximate surface area is 115 Å². The first kappa shape index (κ1) is 14.5. The molecule has 0 aliphatic carbocycles. The SMILES string of the molecule is Cc1ccc(S(=O)(=O)NCC2CCOCC2)c(C)c1. The Bertz CT molecular complexity index is 534. The summed E-state index contributed by atoms with van der Waals surface area (Å²) in [6.45, 7) is 5.75. The lowest BCUT2D eigenvalue weighted by Crippen LogP contribution is -2.32. The number of ether oxygens (including phenoxy) is 1. The lowest BCUT2D eigenvalue weighted by molar-refractivity contribution is 0.0678. The second-order valence-corrected chi connectivity index (χ2v) is 6.91. The zero-order chi connectivity index (χ0) is 13.9. The van der Waals surface area contributed by atoms with Gasteiger partial charge in [0.2, 0.25) is 10.0 Å². The molecule has 1 aliphatic rings. The van der Waals surface area contributed by atoms with E-state index in [2.05, 4.69) is 4.72 Å². The van der Waals surface area contributed by atoms with Gasteiger partial charge < -0.3 is 4.74 Å². The van der Waals surface area contributed by atoms with Crippen molar-refractivity contribution in [3.63, 3.8) is 0 Å². The summed E-state index contributed by atoms with van der Waals surface area (Å²) in [5, 5.41) is 0. The molecule has 5 heteroatoms. The highest BCUT2D eigenvalue weighted by Crippen LogP contribution is 2.18. The molecule has 0 unspecified atom stereocenters. The van der Waals surface area contributed by atoms with Crippen LogP contribution in [0.15, 0.2) is 23.1 Å². The van der Waals surface area contributed by atoms with Crippen LogP contribution in [0.2, 0.25) is 0 Å². The van der Waals surface area contributed by atoms with Gasteiger partial charge in [0.25, 0.3) is 0 Å². The minimum Gasteiger partial charge on any atom is -0.381 e. The largest absolute Gasteiger partial charge is 0.381 e. The topological polar surface area (TPSA) is 55.4 Å². The lowest BCUT2D eigenvalue weighted by Gasteiger charge is -2.22. The number of hydrogen-bond acceptors (Lipinski definition) is 3. The van der Waals surface area contributed by atoms with Crippen LogP contribution in [-0.4, -0.2) is 28.2 Å². The molecule has 0 saturated carbocycles. The molecule has 2 rings (SSSR count). The van der Waals surface area contributed by atoms with Crippen LogP contribution in [0.1, 0.15) is 24.0 Å². The average molecular weight is 283 g/mol. The fourth-order valence-corrected chi connectivity index (χ4v) is 3.70. The van der Waals surface area contributed by atoms with Crippen LogP contribution in [0.5, 0.6) is 0 Å². The van der Waals surface area contributed by atoms with E-state index in [0.29, 0.717) is 17.4 Å². The summed E-state index contributed by atoms with van der Waals surface area (Å²) in [5.74, 6) is 0.384. The van der Waals surface area contributed by atoms with Gasteiger partial charge in [-0.25, -0.2) is 13.1 Å². The second-order valence-electron chi connectivity index (χ2n) is 5.18. The van der Waals surface area contributed by atoms with Gasteiger partial charge in [-0.2, -0.15) is 0 Å². The Balaban J connectivity index is 2.05. The van der Waals surface area contributed by atoms with Crippen molar-refractivity contribution in [2.24, 2.45) is 5.92 Å². The van der Waals surface area contributed by atoms with Gasteiger partial charge in [0.1, 0.15) is 0 Å². The zero-order valence-corrected chi connectivity index (χ0v) is 12.3. The molecular formula is C14H21NO3S. The van der Waals surface area contributed by atoms with Crippen molar-refractivity contribution < 1.29 is 13.2 Å². The second kappa shape index (κ2) is 6.03. The highest BCUT2D eigenvalue weighted by Gasteiger charge is 2.20. The summed E-state index contributed by atoms with van der Waals surface area (Å²) in [4.78, 5) is 0.380. The average Bonchev–Trinajstić information content (AvgIpc) is 2.37. The number of hydrogen-bond donors (Lipinski definition) is 1. The van der Waals surface area contributed by atoms with Crippen molar-refractivity contribution in [2.75, 3.05) is 19.8 Å². The molecule has 1 saturated heterocycles. The zero-order valence-electron chi connectivity index (χ0n) is 11.5. The normalized spacial score (nSPS) is 17.6. The van der Waals surface area contributed by atoms with Gasteiger partial charge in [0.15, 0.2) is 0 Å². The van der Waals surface area contributed by atoms with E-state index in [-0.39, 0.29) is 0 Å². The molecule has 19 heavy (non-hydrogen) atoms. The Morgan fingerprint density at radius 3 is 2.58 bits per heavy atom. The summed E-state index contributed by atoms with van der Waals surface area (Å²) in [5.41, 5.74) is 1.86. The number of benzene rings is 1. The molecular weight excluding hydrogens is 262 g/mol. The Hall–Kier alpha value is -0.910. The lowest BCUT2D eigenvalue weighted by atomic mass is 10.0. The minimum absolute atomic E-state index is 0.380. The van der Waals surface area contributed by atoms with Crippen LogP contribution >= 0.6 is 0 Å². The molecule has 0 bridgehead atoms. The van der Waals surface area contributed by atoms with Crippen LogP contribution in [0.3, 0.4) is 0 Å². The summed E-state index contributed by atoms with van der Waals surface area (Å²) in [6, 6.07) is 5.40. The molecule has 106 valence electrons.